The molecule has 1 amide bonds. The molecule has 0 spiro atoms. The van der Waals surface area contributed by atoms with E-state index < -0.39 is 0 Å². The van der Waals surface area contributed by atoms with Crippen LogP contribution in [0.15, 0.2) is 0 Å². The molecule has 126 valence electrons. The monoisotopic (exact) mass is 318 g/mol. The lowest BCUT2D eigenvalue weighted by molar-refractivity contribution is -0.121. The number of nitrogens with one attached hydrogen (secondary N) is 1. The first-order valence-corrected chi connectivity index (χ1v) is 9.16. The van der Waals surface area contributed by atoms with Crippen LogP contribution in [0.2, 0.25) is 0 Å². The second kappa shape index (κ2) is 16.1. The molecule has 0 aromatic rings. The van der Waals surface area contributed by atoms with Gasteiger partial charge in [-0.25, -0.2) is 4.31 Å². The second-order valence-electron chi connectivity index (χ2n) is 5.38. The highest BCUT2D eigenvalue weighted by Gasteiger charge is 2.08. The molecule has 0 saturated heterocycles. The first kappa shape index (κ1) is 20.7. The number of unbranched alkanes of at least 4 members (excludes halogenated alkanes) is 8. The van der Waals surface area contributed by atoms with E-state index >= 15 is 0 Å². The number of likely N-dealkylation sites (N-methyl/N-ethyl adjacent to an activating group) is 1. The van der Waals surface area contributed by atoms with Gasteiger partial charge in [-0.05, 0) is 6.42 Å². The molecule has 1 N–H and O–H groups in total. The van der Waals surface area contributed by atoms with Crippen molar-refractivity contribution in [1.29, 1.82) is 0 Å². The number of rotatable bonds is 15. The number of carbonyl (C=O) groups is 1. The molecular weight excluding hydrogens is 284 g/mol. The van der Waals surface area contributed by atoms with E-state index in [1.807, 2.05) is 11.2 Å². The van der Waals surface area contributed by atoms with Gasteiger partial charge in [-0.15, -0.1) is 0 Å². The van der Waals surface area contributed by atoms with Gasteiger partial charge in [-0.2, -0.15) is 0 Å². The highest BCUT2D eigenvalue weighted by molar-refractivity contribution is 7.92. The Bertz CT molecular complexity index is 240. The topological polar surface area (TPSA) is 41.6 Å². The quantitative estimate of drug-likeness (QED) is 0.280. The largest absolute Gasteiger partial charge is 0.355 e. The van der Waals surface area contributed by atoms with Crippen LogP contribution in [0.1, 0.15) is 71.6 Å². The molecule has 0 aliphatic carbocycles. The zero-order valence-corrected chi connectivity index (χ0v) is 15.0. The van der Waals surface area contributed by atoms with Crippen molar-refractivity contribution in [2.45, 2.75) is 71.6 Å². The van der Waals surface area contributed by atoms with E-state index in [1.54, 1.807) is 7.11 Å². The molecule has 0 fully saturated rings. The third-order valence-electron chi connectivity index (χ3n) is 3.46. The Hall–Kier alpha value is -0.260. The number of carbonyl (C=O) groups excluding carboxylic acids is 1. The number of hydrogen-bond donors (Lipinski definition) is 1. The summed E-state index contributed by atoms with van der Waals surface area (Å²) < 4.78 is 6.86. The highest BCUT2D eigenvalue weighted by atomic mass is 32.2. The van der Waals surface area contributed by atoms with Crippen LogP contribution in [0, 0.1) is 0 Å². The summed E-state index contributed by atoms with van der Waals surface area (Å²) in [7, 11) is 1.62. The molecule has 21 heavy (non-hydrogen) atoms. The Labute approximate surface area is 135 Å². The maximum atomic E-state index is 11.7. The average Bonchev–Trinajstić information content (AvgIpc) is 2.48. The van der Waals surface area contributed by atoms with Gasteiger partial charge in [0.2, 0.25) is 5.91 Å². The van der Waals surface area contributed by atoms with E-state index in [2.05, 4.69) is 12.2 Å². The smallest absolute Gasteiger partial charge is 0.235 e. The predicted octanol–water partition coefficient (Wildman–Crippen LogP) is 4.16. The van der Waals surface area contributed by atoms with Crippen LogP contribution >= 0.6 is 12.2 Å². The van der Waals surface area contributed by atoms with Crippen LogP contribution in [0.25, 0.3) is 0 Å². The third kappa shape index (κ3) is 14.4. The number of hydrogen-bond acceptors (Lipinski definition) is 4. The molecule has 0 aliphatic rings. The summed E-state index contributed by atoms with van der Waals surface area (Å²) in [6, 6.07) is 0. The standard InChI is InChI=1S/C16H34N2O2S/c1-4-6-7-8-9-10-11-12-13-14-17-16(19)15-18(5-2)21-20-3/h4-15H2,1-3H3,(H,17,19). The minimum Gasteiger partial charge on any atom is -0.355 e. The minimum absolute atomic E-state index is 0.0842. The molecule has 0 bridgehead atoms. The molecule has 0 heterocycles. The van der Waals surface area contributed by atoms with Gasteiger partial charge >= 0.3 is 0 Å². The average molecular weight is 319 g/mol. The predicted molar refractivity (Wildman–Crippen MR) is 92.1 cm³/mol. The fraction of sp³-hybridized carbons (Fsp3) is 0.938. The van der Waals surface area contributed by atoms with Gasteiger partial charge in [0.25, 0.3) is 0 Å². The number of amides is 1. The Balaban J connectivity index is 3.32. The highest BCUT2D eigenvalue weighted by Crippen LogP contribution is 2.09. The maximum Gasteiger partial charge on any atom is 0.235 e. The molecule has 0 unspecified atom stereocenters. The summed E-state index contributed by atoms with van der Waals surface area (Å²) in [5, 5.41) is 2.98. The summed E-state index contributed by atoms with van der Waals surface area (Å²) in [5.74, 6) is 0.0842. The van der Waals surface area contributed by atoms with Gasteiger partial charge in [0.05, 0.1) is 25.9 Å². The molecule has 0 aromatic carbocycles. The fourth-order valence-electron chi connectivity index (χ4n) is 2.18. The molecule has 0 saturated carbocycles. The van der Waals surface area contributed by atoms with Crippen LogP contribution in [0.4, 0.5) is 0 Å². The summed E-state index contributed by atoms with van der Waals surface area (Å²) in [4.78, 5) is 11.7. The molecule has 0 aliphatic heterocycles. The fourth-order valence-corrected chi connectivity index (χ4v) is 2.66. The van der Waals surface area contributed by atoms with Crippen LogP contribution in [-0.2, 0) is 8.98 Å². The first-order chi connectivity index (χ1) is 10.2. The zero-order valence-electron chi connectivity index (χ0n) is 14.2. The lowest BCUT2D eigenvalue weighted by atomic mass is 10.1. The number of nitrogens with zero attached hydrogens (tertiary/aromatic N) is 1. The molecule has 0 atom stereocenters. The Morgan fingerprint density at radius 2 is 1.57 bits per heavy atom. The van der Waals surface area contributed by atoms with Crippen molar-refractivity contribution in [2.24, 2.45) is 0 Å². The van der Waals surface area contributed by atoms with Crippen molar-refractivity contribution in [1.82, 2.24) is 9.62 Å². The van der Waals surface area contributed by atoms with Crippen LogP contribution < -0.4 is 5.32 Å². The molecule has 0 rings (SSSR count). The van der Waals surface area contributed by atoms with Crippen molar-refractivity contribution in [3.05, 3.63) is 0 Å². The van der Waals surface area contributed by atoms with Crippen molar-refractivity contribution >= 4 is 18.1 Å². The van der Waals surface area contributed by atoms with Crippen molar-refractivity contribution < 1.29 is 8.98 Å². The van der Waals surface area contributed by atoms with Gasteiger partial charge in [0.1, 0.15) is 0 Å². The molecule has 0 radical (unpaired) electrons. The molecular formula is C16H34N2O2S. The summed E-state index contributed by atoms with van der Waals surface area (Å²) in [6.45, 7) is 6.25. The Kier molecular flexibility index (Phi) is 15.9. The van der Waals surface area contributed by atoms with Gasteiger partial charge in [-0.1, -0.05) is 65.2 Å². The zero-order chi connectivity index (χ0) is 15.8. The second-order valence-corrected chi connectivity index (χ2v) is 6.37. The van der Waals surface area contributed by atoms with Gasteiger partial charge in [0.15, 0.2) is 0 Å². The lowest BCUT2D eigenvalue weighted by Gasteiger charge is -2.16. The molecule has 5 heteroatoms. The van der Waals surface area contributed by atoms with E-state index in [1.165, 1.54) is 63.6 Å². The van der Waals surface area contributed by atoms with Crippen LogP contribution in [-0.4, -0.2) is 37.0 Å². The van der Waals surface area contributed by atoms with Crippen molar-refractivity contribution in [3.63, 3.8) is 0 Å². The van der Waals surface area contributed by atoms with Crippen molar-refractivity contribution in [2.75, 3.05) is 26.7 Å². The van der Waals surface area contributed by atoms with E-state index in [-0.39, 0.29) is 5.91 Å². The maximum absolute atomic E-state index is 11.7. The van der Waals surface area contributed by atoms with E-state index in [9.17, 15) is 4.79 Å². The van der Waals surface area contributed by atoms with Gasteiger partial charge < -0.3 is 9.50 Å². The summed E-state index contributed by atoms with van der Waals surface area (Å²) in [5.41, 5.74) is 0. The normalized spacial score (nSPS) is 11.0. The van der Waals surface area contributed by atoms with E-state index in [0.717, 1.165) is 19.5 Å². The SMILES string of the molecule is CCCCCCCCCCCNC(=O)CN(CC)SOC. The Morgan fingerprint density at radius 3 is 2.10 bits per heavy atom. The molecule has 0 aromatic heterocycles. The van der Waals surface area contributed by atoms with Gasteiger partial charge in [-0.3, -0.25) is 4.79 Å². The van der Waals surface area contributed by atoms with E-state index in [0.29, 0.717) is 6.54 Å². The van der Waals surface area contributed by atoms with E-state index in [4.69, 9.17) is 4.18 Å². The molecule has 4 nitrogen and oxygen atoms in total. The van der Waals surface area contributed by atoms with Crippen LogP contribution in [0.3, 0.4) is 0 Å². The minimum atomic E-state index is 0.0842. The third-order valence-corrected chi connectivity index (χ3v) is 4.20. The van der Waals surface area contributed by atoms with Gasteiger partial charge in [0, 0.05) is 13.1 Å². The van der Waals surface area contributed by atoms with Crippen LogP contribution in [0.5, 0.6) is 0 Å². The first-order valence-electron chi connectivity index (χ1n) is 8.47. The Morgan fingerprint density at radius 1 is 1.00 bits per heavy atom. The summed E-state index contributed by atoms with van der Waals surface area (Å²) in [6.07, 6.45) is 11.8. The summed E-state index contributed by atoms with van der Waals surface area (Å²) >= 11 is 1.24. The van der Waals surface area contributed by atoms with Crippen molar-refractivity contribution in [3.8, 4) is 0 Å². The lowest BCUT2D eigenvalue weighted by Crippen LogP contribution is -2.34.